The molecule has 0 saturated carbocycles. The van der Waals surface area contributed by atoms with E-state index in [0.717, 1.165) is 21.3 Å². The second kappa shape index (κ2) is 10.1. The lowest BCUT2D eigenvalue weighted by Crippen LogP contribution is -2.23. The zero-order valence-electron chi connectivity index (χ0n) is 17.2. The molecule has 0 spiro atoms. The molecule has 32 heavy (non-hydrogen) atoms. The third-order valence-corrected chi connectivity index (χ3v) is 5.74. The van der Waals surface area contributed by atoms with E-state index in [-0.39, 0.29) is 18.5 Å². The zero-order valence-corrected chi connectivity index (χ0v) is 18.0. The summed E-state index contributed by atoms with van der Waals surface area (Å²) in [5.74, 6) is -0.894. The fourth-order valence-corrected chi connectivity index (χ4v) is 3.95. The number of hydrogen-bond donors (Lipinski definition) is 2. The molecule has 1 unspecified atom stereocenters. The molecule has 0 aliphatic carbocycles. The number of fused-ring (bicyclic) bond motifs is 1. The van der Waals surface area contributed by atoms with Crippen LogP contribution in [0.5, 0.6) is 0 Å². The Morgan fingerprint density at radius 3 is 2.56 bits per heavy atom. The number of benzene rings is 3. The first-order valence-corrected chi connectivity index (χ1v) is 11.0. The number of carbonyl (C=O) groups excluding carboxylic acids is 2. The van der Waals surface area contributed by atoms with Crippen LogP contribution in [0.25, 0.3) is 10.2 Å². The number of hydrogen-bond acceptors (Lipinski definition) is 7. The quantitative estimate of drug-likeness (QED) is 0.394. The molecule has 1 aromatic heterocycles. The Hall–Kier alpha value is -3.62. The van der Waals surface area contributed by atoms with Crippen LogP contribution in [0, 0.1) is 0 Å². The lowest BCUT2D eigenvalue weighted by Gasteiger charge is -2.17. The number of rotatable bonds is 8. The van der Waals surface area contributed by atoms with Gasteiger partial charge in [0.1, 0.15) is 12.1 Å². The van der Waals surface area contributed by atoms with Gasteiger partial charge in [0.15, 0.2) is 0 Å². The Morgan fingerprint density at radius 1 is 1.03 bits per heavy atom. The molecule has 162 valence electrons. The van der Waals surface area contributed by atoms with E-state index in [2.05, 4.69) is 14.9 Å². The number of esters is 1. The average molecular weight is 447 g/mol. The fourth-order valence-electron chi connectivity index (χ4n) is 3.35. The number of nitrogens with one attached hydrogen (secondary N) is 1. The number of nitrogens with zero attached hydrogens (tertiary/aromatic N) is 2. The third kappa shape index (κ3) is 5.16. The van der Waals surface area contributed by atoms with Crippen LogP contribution in [0.2, 0.25) is 0 Å². The Morgan fingerprint density at radius 2 is 1.81 bits per heavy atom. The van der Waals surface area contributed by atoms with Gasteiger partial charge in [-0.1, -0.05) is 47.0 Å². The molecule has 1 atom stereocenters. The van der Waals surface area contributed by atoms with Gasteiger partial charge in [0.05, 0.1) is 16.2 Å². The normalized spacial score (nSPS) is 11.8. The smallest absolute Gasteiger partial charge is 0.338 e. The second-order valence-electron chi connectivity index (χ2n) is 7.26. The minimum Gasteiger partial charge on any atom is -0.457 e. The van der Waals surface area contributed by atoms with Crippen molar-refractivity contribution in [3.05, 3.63) is 89.5 Å². The van der Waals surface area contributed by atoms with Crippen LogP contribution in [0.1, 0.15) is 33.8 Å². The Kier molecular flexibility index (Phi) is 6.84. The van der Waals surface area contributed by atoms with Crippen molar-refractivity contribution in [3.8, 4) is 0 Å². The Labute approximate surface area is 189 Å². The molecule has 0 radical (unpaired) electrons. The van der Waals surface area contributed by atoms with Crippen LogP contribution >= 0.6 is 11.5 Å². The predicted molar refractivity (Wildman–Crippen MR) is 124 cm³/mol. The van der Waals surface area contributed by atoms with Gasteiger partial charge < -0.3 is 15.8 Å². The number of amides is 1. The van der Waals surface area contributed by atoms with Gasteiger partial charge >= 0.3 is 5.97 Å². The number of aromatic nitrogens is 2. The van der Waals surface area contributed by atoms with E-state index in [0.29, 0.717) is 24.2 Å². The zero-order chi connectivity index (χ0) is 22.3. The molecule has 1 amide bonds. The highest BCUT2D eigenvalue weighted by molar-refractivity contribution is 7.12. The first-order valence-electron chi connectivity index (χ1n) is 10.2. The minimum atomic E-state index is -0.392. The highest BCUT2D eigenvalue weighted by Gasteiger charge is 2.20. The molecule has 4 aromatic rings. The van der Waals surface area contributed by atoms with Crippen LogP contribution in [0.3, 0.4) is 0 Å². The summed E-state index contributed by atoms with van der Waals surface area (Å²) in [7, 11) is 0. The molecule has 7 nitrogen and oxygen atoms in total. The average Bonchev–Trinajstić information content (AvgIpc) is 3.30. The Balaban J connectivity index is 1.41. The van der Waals surface area contributed by atoms with Crippen LogP contribution in [-0.4, -0.2) is 28.0 Å². The molecule has 3 aromatic carbocycles. The molecular formula is C24H22N4O3S. The number of carbonyl (C=O) groups is 2. The van der Waals surface area contributed by atoms with Crippen molar-refractivity contribution < 1.29 is 14.3 Å². The molecule has 0 bridgehead atoms. The van der Waals surface area contributed by atoms with E-state index in [9.17, 15) is 9.59 Å². The van der Waals surface area contributed by atoms with Gasteiger partial charge in [-0.15, -0.1) is 5.10 Å². The van der Waals surface area contributed by atoms with Gasteiger partial charge in [-0.2, -0.15) is 0 Å². The van der Waals surface area contributed by atoms with Crippen molar-refractivity contribution in [2.45, 2.75) is 18.9 Å². The van der Waals surface area contributed by atoms with E-state index >= 15 is 0 Å². The predicted octanol–water partition coefficient (Wildman–Crippen LogP) is 4.12. The summed E-state index contributed by atoms with van der Waals surface area (Å²) >= 11 is 1.28. The third-order valence-electron chi connectivity index (χ3n) is 5.05. The molecule has 0 aliphatic heterocycles. The van der Waals surface area contributed by atoms with Crippen molar-refractivity contribution in [2.75, 3.05) is 11.9 Å². The second-order valence-corrected chi connectivity index (χ2v) is 8.04. The number of ether oxygens (including phenoxy) is 1. The SMILES string of the molecule is NCCC(C(=O)Nc1ccc2nnsc2c1)c1ccc(COC(=O)c2ccccc2)cc1. The number of anilines is 1. The molecule has 0 aliphatic rings. The van der Waals surface area contributed by atoms with Gasteiger partial charge in [0.2, 0.25) is 5.91 Å². The molecule has 3 N–H and O–H groups in total. The largest absolute Gasteiger partial charge is 0.457 e. The monoisotopic (exact) mass is 446 g/mol. The minimum absolute atomic E-state index is 0.129. The van der Waals surface area contributed by atoms with E-state index in [1.807, 2.05) is 48.5 Å². The molecule has 0 fully saturated rings. The maximum Gasteiger partial charge on any atom is 0.338 e. The molecule has 1 heterocycles. The highest BCUT2D eigenvalue weighted by Crippen LogP contribution is 2.25. The van der Waals surface area contributed by atoms with Crippen molar-refractivity contribution in [1.82, 2.24) is 9.59 Å². The van der Waals surface area contributed by atoms with Gasteiger partial charge in [-0.25, -0.2) is 4.79 Å². The van der Waals surface area contributed by atoms with E-state index < -0.39 is 5.92 Å². The maximum absolute atomic E-state index is 13.0. The van der Waals surface area contributed by atoms with Crippen molar-refractivity contribution in [2.24, 2.45) is 5.73 Å². The summed E-state index contributed by atoms with van der Waals surface area (Å²) in [6, 6.07) is 21.8. The summed E-state index contributed by atoms with van der Waals surface area (Å²) in [4.78, 5) is 25.1. The van der Waals surface area contributed by atoms with Crippen molar-refractivity contribution >= 4 is 39.3 Å². The summed E-state index contributed by atoms with van der Waals surface area (Å²) in [6.07, 6.45) is 0.512. The summed E-state index contributed by atoms with van der Waals surface area (Å²) in [5.41, 5.74) is 9.47. The van der Waals surface area contributed by atoms with Crippen LogP contribution in [0.15, 0.2) is 72.8 Å². The summed E-state index contributed by atoms with van der Waals surface area (Å²) in [6.45, 7) is 0.539. The highest BCUT2D eigenvalue weighted by atomic mass is 32.1. The molecular weight excluding hydrogens is 424 g/mol. The van der Waals surface area contributed by atoms with Crippen LogP contribution < -0.4 is 11.1 Å². The molecule has 4 rings (SSSR count). The van der Waals surface area contributed by atoms with E-state index in [1.54, 1.807) is 24.3 Å². The van der Waals surface area contributed by atoms with Gasteiger partial charge in [0, 0.05) is 5.69 Å². The molecule has 0 saturated heterocycles. The van der Waals surface area contributed by atoms with E-state index in [1.165, 1.54) is 11.5 Å². The maximum atomic E-state index is 13.0. The van der Waals surface area contributed by atoms with Crippen LogP contribution in [-0.2, 0) is 16.1 Å². The van der Waals surface area contributed by atoms with Gasteiger partial charge in [-0.3, -0.25) is 4.79 Å². The van der Waals surface area contributed by atoms with Gasteiger partial charge in [-0.05, 0) is 66.0 Å². The first-order chi connectivity index (χ1) is 15.6. The van der Waals surface area contributed by atoms with Gasteiger partial charge in [0.25, 0.3) is 0 Å². The van der Waals surface area contributed by atoms with E-state index in [4.69, 9.17) is 10.5 Å². The fraction of sp³-hybridized carbons (Fsp3) is 0.167. The Bertz CT molecular complexity index is 1210. The summed E-state index contributed by atoms with van der Waals surface area (Å²) in [5, 5.41) is 6.98. The summed E-state index contributed by atoms with van der Waals surface area (Å²) < 4.78 is 10.2. The van der Waals surface area contributed by atoms with Crippen LogP contribution in [0.4, 0.5) is 5.69 Å². The lowest BCUT2D eigenvalue weighted by atomic mass is 9.94. The first kappa shape index (κ1) is 21.6. The van der Waals surface area contributed by atoms with Crippen molar-refractivity contribution in [1.29, 1.82) is 0 Å². The number of nitrogens with two attached hydrogens (primary N) is 1. The lowest BCUT2D eigenvalue weighted by molar-refractivity contribution is -0.117. The van der Waals surface area contributed by atoms with Crippen molar-refractivity contribution in [3.63, 3.8) is 0 Å². The standard InChI is InChI=1S/C24H22N4O3S/c25-13-12-20(23(29)26-19-10-11-21-22(14-19)32-28-27-21)17-8-6-16(7-9-17)15-31-24(30)18-4-2-1-3-5-18/h1-11,14,20H,12-13,15,25H2,(H,26,29). The topological polar surface area (TPSA) is 107 Å². The molecule has 8 heteroatoms.